The third-order valence-corrected chi connectivity index (χ3v) is 2.34. The first-order valence-corrected chi connectivity index (χ1v) is 4.63. The molecule has 0 saturated heterocycles. The molecule has 2 aromatic rings. The van der Waals surface area contributed by atoms with E-state index in [0.717, 1.165) is 17.8 Å². The quantitative estimate of drug-likeness (QED) is 0.775. The topological polar surface area (TPSA) is 37.0 Å². The highest BCUT2D eigenvalue weighted by molar-refractivity contribution is 5.84. The maximum absolute atomic E-state index is 5.16. The van der Waals surface area contributed by atoms with Gasteiger partial charge in [0.1, 0.15) is 5.75 Å². The molecule has 0 aliphatic rings. The number of aromatic nitrogens is 1. The van der Waals surface area contributed by atoms with Crippen LogP contribution in [0.25, 0.3) is 10.9 Å². The largest absolute Gasteiger partial charge is 0.497 e. The van der Waals surface area contributed by atoms with Crippen LogP contribution in [-0.2, 0) is 6.54 Å². The monoisotopic (exact) mass is 190 g/mol. The van der Waals surface area contributed by atoms with E-state index in [4.69, 9.17) is 4.74 Å². The van der Waals surface area contributed by atoms with Gasteiger partial charge in [0.25, 0.3) is 0 Å². The molecule has 1 aromatic carbocycles. The summed E-state index contributed by atoms with van der Waals surface area (Å²) in [4.78, 5) is 3.23. The van der Waals surface area contributed by atoms with Gasteiger partial charge in [-0.2, -0.15) is 0 Å². The second-order valence-electron chi connectivity index (χ2n) is 3.26. The van der Waals surface area contributed by atoms with E-state index in [2.05, 4.69) is 16.4 Å². The van der Waals surface area contributed by atoms with Crippen molar-refractivity contribution in [3.8, 4) is 5.75 Å². The van der Waals surface area contributed by atoms with Gasteiger partial charge < -0.3 is 15.0 Å². The van der Waals surface area contributed by atoms with Crippen LogP contribution < -0.4 is 10.1 Å². The van der Waals surface area contributed by atoms with Crippen LogP contribution in [0.5, 0.6) is 5.75 Å². The molecule has 0 radical (unpaired) electrons. The molecule has 3 nitrogen and oxygen atoms in total. The lowest BCUT2D eigenvalue weighted by Crippen LogP contribution is -2.03. The van der Waals surface area contributed by atoms with Crippen LogP contribution in [0.15, 0.2) is 24.4 Å². The highest BCUT2D eigenvalue weighted by Crippen LogP contribution is 2.22. The van der Waals surface area contributed by atoms with Crippen LogP contribution in [-0.4, -0.2) is 19.1 Å². The predicted molar refractivity (Wildman–Crippen MR) is 57.6 cm³/mol. The number of fused-ring (bicyclic) bond motifs is 1. The summed E-state index contributed by atoms with van der Waals surface area (Å²) >= 11 is 0. The summed E-state index contributed by atoms with van der Waals surface area (Å²) in [6, 6.07) is 6.07. The number of ether oxygens (including phenoxy) is 1. The van der Waals surface area contributed by atoms with Gasteiger partial charge in [0, 0.05) is 29.7 Å². The Morgan fingerprint density at radius 1 is 1.43 bits per heavy atom. The molecular weight excluding hydrogens is 176 g/mol. The molecular formula is C11H14N2O. The zero-order valence-electron chi connectivity index (χ0n) is 8.42. The zero-order chi connectivity index (χ0) is 9.97. The fraction of sp³-hybridized carbons (Fsp3) is 0.273. The molecule has 0 saturated carbocycles. The Kier molecular flexibility index (Phi) is 2.41. The van der Waals surface area contributed by atoms with Crippen LogP contribution in [0.4, 0.5) is 0 Å². The lowest BCUT2D eigenvalue weighted by atomic mass is 10.1. The van der Waals surface area contributed by atoms with Crippen LogP contribution in [0.2, 0.25) is 0 Å². The van der Waals surface area contributed by atoms with Gasteiger partial charge in [-0.15, -0.1) is 0 Å². The summed E-state index contributed by atoms with van der Waals surface area (Å²) in [5.41, 5.74) is 2.40. The van der Waals surface area contributed by atoms with Gasteiger partial charge >= 0.3 is 0 Å². The number of hydrogen-bond acceptors (Lipinski definition) is 2. The highest BCUT2D eigenvalue weighted by atomic mass is 16.5. The molecule has 0 unspecified atom stereocenters. The Hall–Kier alpha value is -1.48. The standard InChI is InChI=1S/C11H14N2O/c1-12-6-8-7-13-11-5-9(14-2)3-4-10(8)11/h3-5,7,12-13H,6H2,1-2H3. The van der Waals surface area contributed by atoms with Gasteiger partial charge in [-0.1, -0.05) is 0 Å². The number of H-pyrrole nitrogens is 1. The van der Waals surface area contributed by atoms with E-state index in [9.17, 15) is 0 Å². The second-order valence-corrected chi connectivity index (χ2v) is 3.26. The SMILES string of the molecule is CNCc1c[nH]c2cc(OC)ccc12. The van der Waals surface area contributed by atoms with Gasteiger partial charge in [-0.05, 0) is 24.7 Å². The van der Waals surface area contributed by atoms with E-state index >= 15 is 0 Å². The Labute approximate surface area is 83.1 Å². The number of methoxy groups -OCH3 is 1. The second kappa shape index (κ2) is 3.72. The van der Waals surface area contributed by atoms with Crippen molar-refractivity contribution in [2.45, 2.75) is 6.54 Å². The summed E-state index contributed by atoms with van der Waals surface area (Å²) in [7, 11) is 3.63. The molecule has 0 amide bonds. The van der Waals surface area contributed by atoms with Crippen LogP contribution in [0.1, 0.15) is 5.56 Å². The van der Waals surface area contributed by atoms with Crippen molar-refractivity contribution < 1.29 is 4.74 Å². The summed E-state index contributed by atoms with van der Waals surface area (Å²) < 4.78 is 5.16. The first kappa shape index (κ1) is 9.09. The summed E-state index contributed by atoms with van der Waals surface area (Å²) in [5.74, 6) is 0.885. The van der Waals surface area contributed by atoms with E-state index < -0.39 is 0 Å². The van der Waals surface area contributed by atoms with Gasteiger partial charge in [0.15, 0.2) is 0 Å². The van der Waals surface area contributed by atoms with Crippen molar-refractivity contribution >= 4 is 10.9 Å². The molecule has 1 heterocycles. The normalized spacial score (nSPS) is 10.7. The maximum Gasteiger partial charge on any atom is 0.120 e. The number of benzene rings is 1. The van der Waals surface area contributed by atoms with Crippen molar-refractivity contribution in [1.82, 2.24) is 10.3 Å². The Morgan fingerprint density at radius 2 is 2.29 bits per heavy atom. The number of hydrogen-bond donors (Lipinski definition) is 2. The fourth-order valence-corrected chi connectivity index (χ4v) is 1.63. The van der Waals surface area contributed by atoms with Gasteiger partial charge in [0.05, 0.1) is 7.11 Å². The average molecular weight is 190 g/mol. The van der Waals surface area contributed by atoms with Crippen LogP contribution in [0.3, 0.4) is 0 Å². The number of aromatic amines is 1. The van der Waals surface area contributed by atoms with Gasteiger partial charge in [-0.25, -0.2) is 0 Å². The molecule has 1 aromatic heterocycles. The summed E-state index contributed by atoms with van der Waals surface area (Å²) in [6.07, 6.45) is 2.03. The first-order chi connectivity index (χ1) is 6.85. The van der Waals surface area contributed by atoms with Crippen molar-refractivity contribution in [2.24, 2.45) is 0 Å². The Morgan fingerprint density at radius 3 is 3.00 bits per heavy atom. The molecule has 2 N–H and O–H groups in total. The van der Waals surface area contributed by atoms with E-state index in [1.54, 1.807) is 7.11 Å². The van der Waals surface area contributed by atoms with Crippen molar-refractivity contribution in [2.75, 3.05) is 14.2 Å². The predicted octanol–water partition coefficient (Wildman–Crippen LogP) is 1.90. The fourth-order valence-electron chi connectivity index (χ4n) is 1.63. The smallest absolute Gasteiger partial charge is 0.120 e. The first-order valence-electron chi connectivity index (χ1n) is 4.63. The highest BCUT2D eigenvalue weighted by Gasteiger charge is 2.03. The molecule has 74 valence electrons. The van der Waals surface area contributed by atoms with Crippen molar-refractivity contribution in [1.29, 1.82) is 0 Å². The van der Waals surface area contributed by atoms with Crippen molar-refractivity contribution in [3.05, 3.63) is 30.0 Å². The lowest BCUT2D eigenvalue weighted by molar-refractivity contribution is 0.415. The maximum atomic E-state index is 5.16. The Balaban J connectivity index is 2.48. The van der Waals surface area contributed by atoms with Crippen molar-refractivity contribution in [3.63, 3.8) is 0 Å². The molecule has 0 aliphatic heterocycles. The third-order valence-electron chi connectivity index (χ3n) is 2.34. The molecule has 14 heavy (non-hydrogen) atoms. The van der Waals surface area contributed by atoms with Gasteiger partial charge in [0.2, 0.25) is 0 Å². The minimum Gasteiger partial charge on any atom is -0.497 e. The molecule has 3 heteroatoms. The van der Waals surface area contributed by atoms with E-state index in [1.165, 1.54) is 10.9 Å². The third kappa shape index (κ3) is 1.46. The minimum atomic E-state index is 0.881. The lowest BCUT2D eigenvalue weighted by Gasteiger charge is -2.00. The van der Waals surface area contributed by atoms with E-state index in [0.29, 0.717) is 0 Å². The molecule has 0 spiro atoms. The molecule has 2 rings (SSSR count). The molecule has 0 fully saturated rings. The molecule has 0 bridgehead atoms. The summed E-state index contributed by atoms with van der Waals surface area (Å²) in [6.45, 7) is 0.881. The van der Waals surface area contributed by atoms with E-state index in [1.807, 2.05) is 25.4 Å². The van der Waals surface area contributed by atoms with Crippen LogP contribution >= 0.6 is 0 Å². The average Bonchev–Trinajstić information content (AvgIpc) is 2.61. The zero-order valence-corrected chi connectivity index (χ0v) is 8.42. The van der Waals surface area contributed by atoms with Crippen LogP contribution in [0, 0.1) is 0 Å². The molecule has 0 aliphatic carbocycles. The summed E-state index contributed by atoms with van der Waals surface area (Å²) in [5, 5.41) is 4.39. The Bertz CT molecular complexity index is 434. The van der Waals surface area contributed by atoms with Gasteiger partial charge in [-0.3, -0.25) is 0 Å². The number of rotatable bonds is 3. The van der Waals surface area contributed by atoms with E-state index in [-0.39, 0.29) is 0 Å². The minimum absolute atomic E-state index is 0.881. The number of nitrogens with one attached hydrogen (secondary N) is 2. The molecule has 0 atom stereocenters.